The van der Waals surface area contributed by atoms with E-state index in [9.17, 15) is 9.59 Å². The van der Waals surface area contributed by atoms with E-state index in [1.54, 1.807) is 48.5 Å². The molecule has 0 saturated heterocycles. The van der Waals surface area contributed by atoms with Gasteiger partial charge < -0.3 is 10.1 Å². The van der Waals surface area contributed by atoms with Crippen LogP contribution < -0.4 is 5.32 Å². The number of esters is 1. The summed E-state index contributed by atoms with van der Waals surface area (Å²) in [6, 6.07) is 15.5. The molecule has 0 aliphatic rings. The minimum Gasteiger partial charge on any atom is -0.465 e. The van der Waals surface area contributed by atoms with E-state index in [-0.39, 0.29) is 17.9 Å². The molecular formula is C17H14N2O3. The Hall–Kier alpha value is -3.13. The molecule has 2 aromatic carbocycles. The van der Waals surface area contributed by atoms with E-state index in [2.05, 4.69) is 5.32 Å². The number of hydrogen-bond acceptors (Lipinski definition) is 4. The molecule has 0 spiro atoms. The number of carbonyl (C=O) groups excluding carboxylic acids is 2. The first-order valence-electron chi connectivity index (χ1n) is 6.61. The van der Waals surface area contributed by atoms with Gasteiger partial charge in [0.05, 0.1) is 30.9 Å². The van der Waals surface area contributed by atoms with Crippen molar-refractivity contribution in [2.75, 3.05) is 12.4 Å². The third-order valence-corrected chi connectivity index (χ3v) is 3.11. The Morgan fingerprint density at radius 1 is 1.09 bits per heavy atom. The quantitative estimate of drug-likeness (QED) is 0.879. The fraction of sp³-hybridized carbons (Fsp3) is 0.118. The van der Waals surface area contributed by atoms with E-state index in [4.69, 9.17) is 10.00 Å². The predicted octanol–water partition coefficient (Wildman–Crippen LogP) is 2.79. The topological polar surface area (TPSA) is 79.2 Å². The zero-order chi connectivity index (χ0) is 15.9. The molecular weight excluding hydrogens is 280 g/mol. The lowest BCUT2D eigenvalue weighted by atomic mass is 10.0. The van der Waals surface area contributed by atoms with Gasteiger partial charge in [0.2, 0.25) is 0 Å². The molecule has 5 heteroatoms. The van der Waals surface area contributed by atoms with E-state index >= 15 is 0 Å². The van der Waals surface area contributed by atoms with Crippen molar-refractivity contribution in [1.29, 1.82) is 5.26 Å². The van der Waals surface area contributed by atoms with Crippen LogP contribution in [-0.2, 0) is 11.2 Å². The predicted molar refractivity (Wildman–Crippen MR) is 81.5 cm³/mol. The molecule has 0 fully saturated rings. The number of nitriles is 1. The van der Waals surface area contributed by atoms with E-state index < -0.39 is 5.97 Å². The van der Waals surface area contributed by atoms with Gasteiger partial charge in [0.25, 0.3) is 5.91 Å². The van der Waals surface area contributed by atoms with Gasteiger partial charge in [0, 0.05) is 5.56 Å². The Kier molecular flexibility index (Phi) is 4.89. The van der Waals surface area contributed by atoms with Gasteiger partial charge in [-0.05, 0) is 23.8 Å². The van der Waals surface area contributed by atoms with Gasteiger partial charge in [-0.15, -0.1) is 0 Å². The second-order valence-electron chi connectivity index (χ2n) is 4.48. The normalized spacial score (nSPS) is 9.64. The van der Waals surface area contributed by atoms with E-state index in [0.717, 1.165) is 0 Å². The van der Waals surface area contributed by atoms with E-state index in [1.165, 1.54) is 7.11 Å². The number of nitrogens with one attached hydrogen (secondary N) is 1. The first kappa shape index (κ1) is 15.3. The third kappa shape index (κ3) is 3.30. The molecule has 22 heavy (non-hydrogen) atoms. The van der Waals surface area contributed by atoms with Crippen molar-refractivity contribution < 1.29 is 14.3 Å². The number of nitrogens with zero attached hydrogens (tertiary/aromatic N) is 1. The fourth-order valence-corrected chi connectivity index (χ4v) is 2.05. The smallest absolute Gasteiger partial charge is 0.339 e. The van der Waals surface area contributed by atoms with Crippen molar-refractivity contribution in [3.8, 4) is 6.07 Å². The third-order valence-electron chi connectivity index (χ3n) is 3.11. The SMILES string of the molecule is COC(=O)c1ccccc1NC(=O)c1ccccc1CC#N. The number of para-hydroxylation sites is 1. The van der Waals surface area contributed by atoms with Crippen molar-refractivity contribution in [2.24, 2.45) is 0 Å². The maximum absolute atomic E-state index is 12.4. The van der Waals surface area contributed by atoms with Crippen LogP contribution >= 0.6 is 0 Å². The van der Waals surface area contributed by atoms with Gasteiger partial charge in [0.15, 0.2) is 0 Å². The van der Waals surface area contributed by atoms with Crippen LogP contribution in [0.2, 0.25) is 0 Å². The second-order valence-corrected chi connectivity index (χ2v) is 4.48. The van der Waals surface area contributed by atoms with Crippen LogP contribution in [-0.4, -0.2) is 19.0 Å². The Balaban J connectivity index is 2.31. The van der Waals surface area contributed by atoms with Gasteiger partial charge >= 0.3 is 5.97 Å². The Bertz CT molecular complexity index is 748. The molecule has 2 rings (SSSR count). The summed E-state index contributed by atoms with van der Waals surface area (Å²) in [5.41, 5.74) is 1.68. The summed E-state index contributed by atoms with van der Waals surface area (Å²) in [6.07, 6.45) is 0.141. The first-order chi connectivity index (χ1) is 10.7. The van der Waals surface area contributed by atoms with Gasteiger partial charge in [-0.3, -0.25) is 4.79 Å². The molecule has 110 valence electrons. The van der Waals surface area contributed by atoms with Crippen LogP contribution in [0.4, 0.5) is 5.69 Å². The lowest BCUT2D eigenvalue weighted by Gasteiger charge is -2.11. The molecule has 2 aromatic rings. The number of rotatable bonds is 4. The average Bonchev–Trinajstić information content (AvgIpc) is 2.55. The van der Waals surface area contributed by atoms with Crippen LogP contribution in [0.5, 0.6) is 0 Å². The molecule has 5 nitrogen and oxygen atoms in total. The molecule has 0 radical (unpaired) electrons. The minimum atomic E-state index is -0.527. The van der Waals surface area contributed by atoms with Crippen LogP contribution in [0, 0.1) is 11.3 Å². The summed E-state index contributed by atoms with van der Waals surface area (Å²) in [6.45, 7) is 0. The Labute approximate surface area is 128 Å². The molecule has 0 aliphatic heterocycles. The molecule has 0 heterocycles. The molecule has 0 aromatic heterocycles. The lowest BCUT2D eigenvalue weighted by Crippen LogP contribution is -2.16. The highest BCUT2D eigenvalue weighted by molar-refractivity contribution is 6.08. The van der Waals surface area contributed by atoms with Crippen LogP contribution in [0.1, 0.15) is 26.3 Å². The summed E-state index contributed by atoms with van der Waals surface area (Å²) in [5.74, 6) is -0.900. The van der Waals surface area contributed by atoms with Crippen LogP contribution in [0.15, 0.2) is 48.5 Å². The summed E-state index contributed by atoms with van der Waals surface area (Å²) in [4.78, 5) is 24.1. The highest BCUT2D eigenvalue weighted by atomic mass is 16.5. The van der Waals surface area contributed by atoms with Crippen molar-refractivity contribution in [2.45, 2.75) is 6.42 Å². The van der Waals surface area contributed by atoms with Crippen LogP contribution in [0.25, 0.3) is 0 Å². The Morgan fingerprint density at radius 3 is 2.41 bits per heavy atom. The number of ether oxygens (including phenoxy) is 1. The fourth-order valence-electron chi connectivity index (χ4n) is 2.05. The molecule has 1 amide bonds. The summed E-state index contributed by atoms with van der Waals surface area (Å²) in [7, 11) is 1.28. The number of methoxy groups -OCH3 is 1. The maximum Gasteiger partial charge on any atom is 0.339 e. The van der Waals surface area contributed by atoms with E-state index in [0.29, 0.717) is 16.8 Å². The van der Waals surface area contributed by atoms with Crippen molar-refractivity contribution >= 4 is 17.6 Å². The van der Waals surface area contributed by atoms with Gasteiger partial charge in [0.1, 0.15) is 0 Å². The first-order valence-corrected chi connectivity index (χ1v) is 6.61. The van der Waals surface area contributed by atoms with Gasteiger partial charge in [-0.2, -0.15) is 5.26 Å². The number of carbonyl (C=O) groups is 2. The number of benzene rings is 2. The highest BCUT2D eigenvalue weighted by Gasteiger charge is 2.15. The molecule has 0 bridgehead atoms. The van der Waals surface area contributed by atoms with Crippen molar-refractivity contribution in [3.05, 3.63) is 65.2 Å². The maximum atomic E-state index is 12.4. The monoisotopic (exact) mass is 294 g/mol. The van der Waals surface area contributed by atoms with Crippen molar-refractivity contribution in [3.63, 3.8) is 0 Å². The molecule has 0 unspecified atom stereocenters. The minimum absolute atomic E-state index is 0.141. The molecule has 0 atom stereocenters. The van der Waals surface area contributed by atoms with E-state index in [1.807, 2.05) is 6.07 Å². The number of anilines is 1. The van der Waals surface area contributed by atoms with Gasteiger partial charge in [-0.1, -0.05) is 30.3 Å². The standard InChI is InChI=1S/C17H14N2O3/c1-22-17(21)14-8-4-5-9-15(14)19-16(20)13-7-3-2-6-12(13)10-11-18/h2-9H,10H2,1H3,(H,19,20). The molecule has 0 saturated carbocycles. The average molecular weight is 294 g/mol. The van der Waals surface area contributed by atoms with Crippen LogP contribution in [0.3, 0.4) is 0 Å². The Morgan fingerprint density at radius 2 is 1.73 bits per heavy atom. The number of amides is 1. The second kappa shape index (κ2) is 7.04. The summed E-state index contributed by atoms with van der Waals surface area (Å²) < 4.78 is 4.69. The van der Waals surface area contributed by atoms with Gasteiger partial charge in [-0.25, -0.2) is 4.79 Å². The number of hydrogen-bond donors (Lipinski definition) is 1. The zero-order valence-electron chi connectivity index (χ0n) is 12.0. The van der Waals surface area contributed by atoms with Crippen molar-refractivity contribution in [1.82, 2.24) is 0 Å². The largest absolute Gasteiger partial charge is 0.465 e. The highest BCUT2D eigenvalue weighted by Crippen LogP contribution is 2.18. The molecule has 1 N–H and O–H groups in total. The zero-order valence-corrected chi connectivity index (χ0v) is 12.0. The lowest BCUT2D eigenvalue weighted by molar-refractivity contribution is 0.0602. The summed E-state index contributed by atoms with van der Waals surface area (Å²) in [5, 5.41) is 11.5. The molecule has 0 aliphatic carbocycles. The summed E-state index contributed by atoms with van der Waals surface area (Å²) >= 11 is 0.